The third-order valence-electron chi connectivity index (χ3n) is 3.76. The molecule has 2 aromatic rings. The van der Waals surface area contributed by atoms with Crippen molar-refractivity contribution in [2.24, 2.45) is 0 Å². The van der Waals surface area contributed by atoms with E-state index in [1.54, 1.807) is 6.92 Å². The highest BCUT2D eigenvalue weighted by atomic mass is 16.5. The molecule has 0 aliphatic carbocycles. The molecule has 3 rings (SSSR count). The number of aryl methyl sites for hydroxylation is 2. The molecule has 6 heteroatoms. The van der Waals surface area contributed by atoms with Crippen molar-refractivity contribution in [2.45, 2.75) is 32.7 Å². The van der Waals surface area contributed by atoms with Crippen molar-refractivity contribution in [3.05, 3.63) is 47.3 Å². The molecule has 1 N–H and O–H groups in total. The zero-order chi connectivity index (χ0) is 15.7. The van der Waals surface area contributed by atoms with Gasteiger partial charge in [0.05, 0.1) is 0 Å². The average Bonchev–Trinajstić information content (AvgIpc) is 3.00. The standard InChI is InChI=1S/C16H17N3O3/c1-3-12-14(10(2)22-18-12)19-15(20)13(17-16(19)21)9-11-7-5-4-6-8-11/h4-8,13H,3,9H2,1-2H3,(H,17,21)/t13-/m0/s1. The van der Waals surface area contributed by atoms with E-state index in [1.807, 2.05) is 37.3 Å². The Hall–Kier alpha value is -2.63. The lowest BCUT2D eigenvalue weighted by Crippen LogP contribution is -2.33. The molecule has 1 atom stereocenters. The number of nitrogens with one attached hydrogen (secondary N) is 1. The van der Waals surface area contributed by atoms with Crippen molar-refractivity contribution in [2.75, 3.05) is 4.90 Å². The number of amides is 3. The lowest BCUT2D eigenvalue weighted by molar-refractivity contribution is -0.118. The summed E-state index contributed by atoms with van der Waals surface area (Å²) in [7, 11) is 0. The first-order valence-electron chi connectivity index (χ1n) is 7.25. The van der Waals surface area contributed by atoms with E-state index in [9.17, 15) is 9.59 Å². The van der Waals surface area contributed by atoms with Crippen LogP contribution >= 0.6 is 0 Å². The highest BCUT2D eigenvalue weighted by Crippen LogP contribution is 2.28. The first kappa shape index (κ1) is 14.3. The van der Waals surface area contributed by atoms with Crippen molar-refractivity contribution in [1.82, 2.24) is 10.5 Å². The number of carbonyl (C=O) groups is 2. The van der Waals surface area contributed by atoms with E-state index in [2.05, 4.69) is 10.5 Å². The molecule has 114 valence electrons. The first-order chi connectivity index (χ1) is 10.6. The number of nitrogens with zero attached hydrogens (tertiary/aromatic N) is 2. The number of imide groups is 1. The normalized spacial score (nSPS) is 17.9. The summed E-state index contributed by atoms with van der Waals surface area (Å²) in [5, 5.41) is 6.64. The van der Waals surface area contributed by atoms with Gasteiger partial charge in [-0.3, -0.25) is 4.79 Å². The minimum atomic E-state index is -0.561. The van der Waals surface area contributed by atoms with Crippen LogP contribution in [0.25, 0.3) is 0 Å². The van der Waals surface area contributed by atoms with Crippen LogP contribution in [0, 0.1) is 6.92 Å². The SMILES string of the molecule is CCc1noc(C)c1N1C(=O)N[C@@H](Cc2ccccc2)C1=O. The van der Waals surface area contributed by atoms with E-state index in [0.717, 1.165) is 10.5 Å². The number of hydrogen-bond donors (Lipinski definition) is 1. The molecule has 6 nitrogen and oxygen atoms in total. The van der Waals surface area contributed by atoms with Gasteiger partial charge in [-0.2, -0.15) is 0 Å². The molecule has 22 heavy (non-hydrogen) atoms. The fraction of sp³-hybridized carbons (Fsp3) is 0.312. The zero-order valence-electron chi connectivity index (χ0n) is 12.5. The van der Waals surface area contributed by atoms with E-state index in [-0.39, 0.29) is 5.91 Å². The summed E-state index contributed by atoms with van der Waals surface area (Å²) >= 11 is 0. The number of anilines is 1. The smallest absolute Gasteiger partial charge is 0.329 e. The van der Waals surface area contributed by atoms with Gasteiger partial charge in [0.2, 0.25) is 0 Å². The van der Waals surface area contributed by atoms with Gasteiger partial charge >= 0.3 is 6.03 Å². The molecule has 0 radical (unpaired) electrons. The summed E-state index contributed by atoms with van der Waals surface area (Å²) in [6.07, 6.45) is 1.06. The minimum Gasteiger partial charge on any atom is -0.359 e. The minimum absolute atomic E-state index is 0.269. The van der Waals surface area contributed by atoms with Gasteiger partial charge in [0.25, 0.3) is 5.91 Å². The molecular formula is C16H17N3O3. The maximum atomic E-state index is 12.6. The first-order valence-corrected chi connectivity index (χ1v) is 7.25. The van der Waals surface area contributed by atoms with E-state index in [4.69, 9.17) is 4.52 Å². The van der Waals surface area contributed by atoms with Gasteiger partial charge in [-0.15, -0.1) is 0 Å². The predicted octanol–water partition coefficient (Wildman–Crippen LogP) is 2.21. The Balaban J connectivity index is 1.87. The van der Waals surface area contributed by atoms with Gasteiger partial charge in [-0.1, -0.05) is 42.4 Å². The molecule has 2 heterocycles. The number of rotatable bonds is 4. The second kappa shape index (κ2) is 5.63. The Morgan fingerprint density at radius 1 is 1.27 bits per heavy atom. The summed E-state index contributed by atoms with van der Waals surface area (Å²) in [4.78, 5) is 26.0. The van der Waals surface area contributed by atoms with Crippen LogP contribution in [-0.2, 0) is 17.6 Å². The molecule has 1 saturated heterocycles. The van der Waals surface area contributed by atoms with Crippen LogP contribution < -0.4 is 10.2 Å². The molecular weight excluding hydrogens is 282 g/mol. The monoisotopic (exact) mass is 299 g/mol. The van der Waals surface area contributed by atoms with Gasteiger partial charge in [0.15, 0.2) is 5.76 Å². The lowest BCUT2D eigenvalue weighted by atomic mass is 10.1. The van der Waals surface area contributed by atoms with Gasteiger partial charge in [0, 0.05) is 6.42 Å². The van der Waals surface area contributed by atoms with Crippen molar-refractivity contribution < 1.29 is 14.1 Å². The molecule has 1 aliphatic heterocycles. The van der Waals surface area contributed by atoms with Crippen molar-refractivity contribution >= 4 is 17.6 Å². The second-order valence-electron chi connectivity index (χ2n) is 5.25. The summed E-state index contributed by atoms with van der Waals surface area (Å²) in [6.45, 7) is 3.60. The van der Waals surface area contributed by atoms with Crippen LogP contribution in [0.5, 0.6) is 0 Å². The van der Waals surface area contributed by atoms with Gasteiger partial charge in [0.1, 0.15) is 17.4 Å². The van der Waals surface area contributed by atoms with Crippen molar-refractivity contribution in [1.29, 1.82) is 0 Å². The molecule has 1 fully saturated rings. The molecule has 0 bridgehead atoms. The van der Waals surface area contributed by atoms with Crippen LogP contribution in [0.3, 0.4) is 0 Å². The van der Waals surface area contributed by atoms with E-state index in [1.165, 1.54) is 0 Å². The molecule has 1 aliphatic rings. The Morgan fingerprint density at radius 2 is 2.00 bits per heavy atom. The number of hydrogen-bond acceptors (Lipinski definition) is 4. The number of carbonyl (C=O) groups excluding carboxylic acids is 2. The number of benzene rings is 1. The summed E-state index contributed by atoms with van der Waals surface area (Å²) in [5.74, 6) is 0.204. The van der Waals surface area contributed by atoms with Gasteiger partial charge < -0.3 is 9.84 Å². The fourth-order valence-electron chi connectivity index (χ4n) is 2.66. The Labute approximate surface area is 128 Å². The van der Waals surface area contributed by atoms with E-state index >= 15 is 0 Å². The fourth-order valence-corrected chi connectivity index (χ4v) is 2.66. The molecule has 1 aromatic carbocycles. The zero-order valence-corrected chi connectivity index (χ0v) is 12.5. The summed E-state index contributed by atoms with van der Waals surface area (Å²) < 4.78 is 5.13. The van der Waals surface area contributed by atoms with E-state index < -0.39 is 12.1 Å². The number of urea groups is 1. The van der Waals surface area contributed by atoms with E-state index in [0.29, 0.717) is 30.0 Å². The van der Waals surface area contributed by atoms with Crippen LogP contribution in [0.4, 0.5) is 10.5 Å². The summed E-state index contributed by atoms with van der Waals surface area (Å²) in [6, 6.07) is 8.62. The largest absolute Gasteiger partial charge is 0.359 e. The average molecular weight is 299 g/mol. The molecule has 0 spiro atoms. The third-order valence-corrected chi connectivity index (χ3v) is 3.76. The maximum Gasteiger partial charge on any atom is 0.329 e. The third kappa shape index (κ3) is 2.36. The Morgan fingerprint density at radius 3 is 2.68 bits per heavy atom. The number of aromatic nitrogens is 1. The highest BCUT2D eigenvalue weighted by molar-refractivity contribution is 6.21. The Kier molecular flexibility index (Phi) is 3.66. The Bertz CT molecular complexity index is 709. The van der Waals surface area contributed by atoms with Crippen LogP contribution in [0.2, 0.25) is 0 Å². The van der Waals surface area contributed by atoms with Crippen LogP contribution in [-0.4, -0.2) is 23.1 Å². The molecule has 0 saturated carbocycles. The molecule has 0 unspecified atom stereocenters. The molecule has 1 aromatic heterocycles. The van der Waals surface area contributed by atoms with Crippen molar-refractivity contribution in [3.8, 4) is 0 Å². The lowest BCUT2D eigenvalue weighted by Gasteiger charge is -2.12. The maximum absolute atomic E-state index is 12.6. The predicted molar refractivity (Wildman–Crippen MR) is 80.6 cm³/mol. The van der Waals surface area contributed by atoms with Gasteiger partial charge in [-0.25, -0.2) is 9.69 Å². The molecule has 3 amide bonds. The second-order valence-corrected chi connectivity index (χ2v) is 5.25. The van der Waals surface area contributed by atoms with Gasteiger partial charge in [-0.05, 0) is 18.9 Å². The quantitative estimate of drug-likeness (QED) is 0.878. The topological polar surface area (TPSA) is 75.4 Å². The highest BCUT2D eigenvalue weighted by Gasteiger charge is 2.41. The van der Waals surface area contributed by atoms with Crippen molar-refractivity contribution in [3.63, 3.8) is 0 Å². The summed E-state index contributed by atoms with van der Waals surface area (Å²) in [5.41, 5.74) is 2.09. The van der Waals surface area contributed by atoms with Crippen LogP contribution in [0.15, 0.2) is 34.9 Å². The van der Waals surface area contributed by atoms with Crippen LogP contribution in [0.1, 0.15) is 23.9 Å².